The second kappa shape index (κ2) is 5.38. The van der Waals surface area contributed by atoms with Gasteiger partial charge in [-0.1, -0.05) is 35.9 Å². The highest BCUT2D eigenvalue weighted by Crippen LogP contribution is 2.26. The van der Waals surface area contributed by atoms with Crippen LogP contribution in [0.15, 0.2) is 42.6 Å². The van der Waals surface area contributed by atoms with Crippen molar-refractivity contribution in [2.75, 3.05) is 0 Å². The third-order valence-electron chi connectivity index (χ3n) is 3.98. The smallest absolute Gasteiger partial charge is 0.152 e. The topological polar surface area (TPSA) is 22.0 Å². The van der Waals surface area contributed by atoms with Gasteiger partial charge in [0, 0.05) is 28.7 Å². The third-order valence-corrected chi connectivity index (χ3v) is 4.21. The molecule has 0 amide bonds. The molecule has 1 heterocycles. The SMILES string of the molecule is Cc1cccc(C)c1Cn1cc(C=O)c2ccc(Cl)cc21. The summed E-state index contributed by atoms with van der Waals surface area (Å²) in [5, 5.41) is 1.63. The first kappa shape index (κ1) is 13.9. The number of hydrogen-bond acceptors (Lipinski definition) is 1. The van der Waals surface area contributed by atoms with Crippen LogP contribution in [0.25, 0.3) is 10.9 Å². The minimum Gasteiger partial charge on any atom is -0.342 e. The number of carbonyl (C=O) groups excluding carboxylic acids is 1. The molecule has 3 heteroatoms. The summed E-state index contributed by atoms with van der Waals surface area (Å²) in [6, 6.07) is 11.9. The van der Waals surface area contributed by atoms with E-state index < -0.39 is 0 Å². The maximum absolute atomic E-state index is 11.3. The highest BCUT2D eigenvalue weighted by molar-refractivity contribution is 6.31. The van der Waals surface area contributed by atoms with Gasteiger partial charge in [-0.05, 0) is 42.7 Å². The van der Waals surface area contributed by atoms with E-state index in [2.05, 4.69) is 36.6 Å². The van der Waals surface area contributed by atoms with E-state index in [4.69, 9.17) is 11.6 Å². The quantitative estimate of drug-likeness (QED) is 0.638. The summed E-state index contributed by atoms with van der Waals surface area (Å²) in [5.74, 6) is 0. The Morgan fingerprint density at radius 2 is 1.86 bits per heavy atom. The van der Waals surface area contributed by atoms with Gasteiger partial charge in [-0.2, -0.15) is 0 Å². The molecule has 1 aromatic heterocycles. The van der Waals surface area contributed by atoms with Gasteiger partial charge in [-0.3, -0.25) is 4.79 Å². The number of nitrogens with zero attached hydrogens (tertiary/aromatic N) is 1. The van der Waals surface area contributed by atoms with Crippen LogP contribution in [0.3, 0.4) is 0 Å². The first-order chi connectivity index (χ1) is 10.1. The lowest BCUT2D eigenvalue weighted by Gasteiger charge is -2.12. The van der Waals surface area contributed by atoms with Gasteiger partial charge in [0.05, 0.1) is 5.52 Å². The summed E-state index contributed by atoms with van der Waals surface area (Å²) in [6.07, 6.45) is 2.80. The molecule has 0 saturated heterocycles. The lowest BCUT2D eigenvalue weighted by molar-refractivity contribution is 0.112. The number of aryl methyl sites for hydroxylation is 2. The van der Waals surface area contributed by atoms with Gasteiger partial charge in [0.1, 0.15) is 0 Å². The second-order valence-corrected chi connectivity index (χ2v) is 5.80. The molecule has 0 unspecified atom stereocenters. The molecule has 3 rings (SSSR count). The number of aldehydes is 1. The fourth-order valence-corrected chi connectivity index (χ4v) is 2.95. The Hall–Kier alpha value is -2.06. The lowest BCUT2D eigenvalue weighted by atomic mass is 10.0. The van der Waals surface area contributed by atoms with Gasteiger partial charge < -0.3 is 4.57 Å². The van der Waals surface area contributed by atoms with Crippen molar-refractivity contribution < 1.29 is 4.79 Å². The van der Waals surface area contributed by atoms with Gasteiger partial charge in [-0.15, -0.1) is 0 Å². The molecule has 0 atom stereocenters. The molecule has 3 aromatic rings. The van der Waals surface area contributed by atoms with Crippen LogP contribution >= 0.6 is 11.6 Å². The van der Waals surface area contributed by atoms with E-state index in [0.717, 1.165) is 23.7 Å². The molecule has 0 bridgehead atoms. The van der Waals surface area contributed by atoms with Gasteiger partial charge >= 0.3 is 0 Å². The number of carbonyl (C=O) groups is 1. The Morgan fingerprint density at radius 1 is 1.14 bits per heavy atom. The van der Waals surface area contributed by atoms with Gasteiger partial charge in [-0.25, -0.2) is 0 Å². The van der Waals surface area contributed by atoms with Crippen molar-refractivity contribution in [1.82, 2.24) is 4.57 Å². The van der Waals surface area contributed by atoms with E-state index in [-0.39, 0.29) is 0 Å². The number of rotatable bonds is 3. The van der Waals surface area contributed by atoms with E-state index in [1.165, 1.54) is 16.7 Å². The molecule has 0 aliphatic rings. The fraction of sp³-hybridized carbons (Fsp3) is 0.167. The van der Waals surface area contributed by atoms with Gasteiger partial charge in [0.25, 0.3) is 0 Å². The van der Waals surface area contributed by atoms with Crippen molar-refractivity contribution >= 4 is 28.8 Å². The summed E-state index contributed by atoms with van der Waals surface area (Å²) in [4.78, 5) is 11.3. The van der Waals surface area contributed by atoms with Crippen molar-refractivity contribution in [2.45, 2.75) is 20.4 Å². The Bertz CT molecular complexity index is 812. The highest BCUT2D eigenvalue weighted by atomic mass is 35.5. The highest BCUT2D eigenvalue weighted by Gasteiger charge is 2.10. The maximum Gasteiger partial charge on any atom is 0.152 e. The zero-order valence-electron chi connectivity index (χ0n) is 12.1. The standard InChI is InChI=1S/C18H16ClNO/c1-12-4-3-5-13(2)17(12)10-20-9-14(11-21)16-7-6-15(19)8-18(16)20/h3-9,11H,10H2,1-2H3. The molecular weight excluding hydrogens is 282 g/mol. The van der Waals surface area contributed by atoms with E-state index in [1.54, 1.807) is 0 Å². The average Bonchev–Trinajstić information content (AvgIpc) is 2.80. The van der Waals surface area contributed by atoms with Crippen molar-refractivity contribution in [3.05, 3.63) is 69.9 Å². The summed E-state index contributed by atoms with van der Waals surface area (Å²) in [6.45, 7) is 4.96. The molecule has 0 saturated carbocycles. The molecule has 0 radical (unpaired) electrons. The summed E-state index contributed by atoms with van der Waals surface area (Å²) in [5.41, 5.74) is 5.49. The minimum absolute atomic E-state index is 0.681. The molecule has 106 valence electrons. The number of fused-ring (bicyclic) bond motifs is 1. The van der Waals surface area contributed by atoms with Crippen LogP contribution < -0.4 is 0 Å². The zero-order valence-corrected chi connectivity index (χ0v) is 12.8. The van der Waals surface area contributed by atoms with E-state index >= 15 is 0 Å². The van der Waals surface area contributed by atoms with E-state index in [1.807, 2.05) is 24.4 Å². The number of hydrogen-bond donors (Lipinski definition) is 0. The Morgan fingerprint density at radius 3 is 2.52 bits per heavy atom. The normalized spacial score (nSPS) is 11.0. The van der Waals surface area contributed by atoms with Crippen LogP contribution in [0.5, 0.6) is 0 Å². The van der Waals surface area contributed by atoms with Crippen LogP contribution in [0.2, 0.25) is 5.02 Å². The molecule has 21 heavy (non-hydrogen) atoms. The van der Waals surface area contributed by atoms with Crippen LogP contribution in [0, 0.1) is 13.8 Å². The Kier molecular flexibility index (Phi) is 3.56. The summed E-state index contributed by atoms with van der Waals surface area (Å²) < 4.78 is 2.10. The third kappa shape index (κ3) is 2.47. The summed E-state index contributed by atoms with van der Waals surface area (Å²) >= 11 is 6.11. The van der Waals surface area contributed by atoms with E-state index in [0.29, 0.717) is 10.6 Å². The molecule has 2 aromatic carbocycles. The average molecular weight is 298 g/mol. The maximum atomic E-state index is 11.3. The largest absolute Gasteiger partial charge is 0.342 e. The second-order valence-electron chi connectivity index (χ2n) is 5.36. The van der Waals surface area contributed by atoms with Crippen molar-refractivity contribution in [3.8, 4) is 0 Å². The monoisotopic (exact) mass is 297 g/mol. The molecule has 0 aliphatic heterocycles. The van der Waals surface area contributed by atoms with Gasteiger partial charge in [0.15, 0.2) is 6.29 Å². The summed E-state index contributed by atoms with van der Waals surface area (Å²) in [7, 11) is 0. The van der Waals surface area contributed by atoms with Crippen LogP contribution in [-0.4, -0.2) is 10.9 Å². The van der Waals surface area contributed by atoms with Gasteiger partial charge in [0.2, 0.25) is 0 Å². The predicted octanol–water partition coefficient (Wildman–Crippen LogP) is 4.77. The minimum atomic E-state index is 0.681. The van der Waals surface area contributed by atoms with E-state index in [9.17, 15) is 4.79 Å². The zero-order chi connectivity index (χ0) is 15.0. The fourth-order valence-electron chi connectivity index (χ4n) is 2.79. The van der Waals surface area contributed by atoms with Crippen LogP contribution in [0.4, 0.5) is 0 Å². The Balaban J connectivity index is 2.17. The molecular formula is C18H16ClNO. The molecule has 0 aliphatic carbocycles. The first-order valence-corrected chi connectivity index (χ1v) is 7.26. The molecule has 0 N–H and O–H groups in total. The number of halogens is 1. The number of aromatic nitrogens is 1. The Labute approximate surface area is 129 Å². The molecule has 2 nitrogen and oxygen atoms in total. The van der Waals surface area contributed by atoms with Crippen LogP contribution in [-0.2, 0) is 6.54 Å². The van der Waals surface area contributed by atoms with Crippen LogP contribution in [0.1, 0.15) is 27.0 Å². The molecule has 0 spiro atoms. The molecule has 0 fully saturated rings. The number of benzene rings is 2. The van der Waals surface area contributed by atoms with Crippen molar-refractivity contribution in [1.29, 1.82) is 0 Å². The van der Waals surface area contributed by atoms with Crippen molar-refractivity contribution in [2.24, 2.45) is 0 Å². The first-order valence-electron chi connectivity index (χ1n) is 6.89. The lowest BCUT2D eigenvalue weighted by Crippen LogP contribution is -2.02. The predicted molar refractivity (Wildman–Crippen MR) is 87.4 cm³/mol. The van der Waals surface area contributed by atoms with Crippen molar-refractivity contribution in [3.63, 3.8) is 0 Å².